The molecule has 3 aromatic rings. The monoisotopic (exact) mass is 469 g/mol. The van der Waals surface area contributed by atoms with E-state index in [1.54, 1.807) is 11.3 Å². The van der Waals surface area contributed by atoms with Crippen molar-refractivity contribution < 1.29 is 9.84 Å². The van der Waals surface area contributed by atoms with Crippen LogP contribution in [0.2, 0.25) is 0 Å². The van der Waals surface area contributed by atoms with Crippen molar-refractivity contribution in [3.05, 3.63) is 41.8 Å². The number of likely N-dealkylation sites (N-methyl/N-ethyl adjacent to an activating group) is 1. The fraction of sp³-hybridized carbons (Fsp3) is 0.409. The molecule has 0 saturated carbocycles. The topological polar surface area (TPSA) is 48.8 Å². The third kappa shape index (κ3) is 5.37. The number of pyridine rings is 1. The summed E-state index contributed by atoms with van der Waals surface area (Å²) in [5, 5.41) is 12.5. The summed E-state index contributed by atoms with van der Waals surface area (Å²) >= 11 is 1.77. The van der Waals surface area contributed by atoms with Crippen LogP contribution < -0.4 is 9.64 Å². The molecule has 0 radical (unpaired) electrons. The molecule has 8 heteroatoms. The Morgan fingerprint density at radius 1 is 1.10 bits per heavy atom. The predicted octanol–water partition coefficient (Wildman–Crippen LogP) is 4.71. The average molecular weight is 470 g/mol. The van der Waals surface area contributed by atoms with Crippen LogP contribution in [-0.2, 0) is 0 Å². The second kappa shape index (κ2) is 11.2. The molecule has 2 aromatic heterocycles. The van der Waals surface area contributed by atoms with Gasteiger partial charge in [-0.15, -0.1) is 36.2 Å². The molecule has 0 spiro atoms. The molecule has 30 heavy (non-hydrogen) atoms. The number of hydrogen-bond donors (Lipinski definition) is 1. The molecule has 4 rings (SSSR count). The number of halogens is 2. The Balaban J connectivity index is 0.00000160. The highest BCUT2D eigenvalue weighted by molar-refractivity contribution is 7.17. The molecule has 164 valence electrons. The van der Waals surface area contributed by atoms with Crippen molar-refractivity contribution in [3.63, 3.8) is 0 Å². The van der Waals surface area contributed by atoms with Gasteiger partial charge in [-0.2, -0.15) is 0 Å². The van der Waals surface area contributed by atoms with E-state index in [2.05, 4.69) is 34.2 Å². The number of hydrogen-bond acceptors (Lipinski definition) is 6. The van der Waals surface area contributed by atoms with Gasteiger partial charge in [0.1, 0.15) is 17.7 Å². The van der Waals surface area contributed by atoms with Crippen LogP contribution in [0, 0.1) is 0 Å². The van der Waals surface area contributed by atoms with Gasteiger partial charge < -0.3 is 19.6 Å². The maximum atomic E-state index is 9.15. The summed E-state index contributed by atoms with van der Waals surface area (Å²) in [4.78, 5) is 9.97. The lowest BCUT2D eigenvalue weighted by molar-refractivity contribution is 0.130. The minimum Gasteiger partial charge on any atom is -0.488 e. The molecule has 1 aliphatic heterocycles. The highest BCUT2D eigenvalue weighted by atomic mass is 35.5. The summed E-state index contributed by atoms with van der Waals surface area (Å²) in [5.41, 5.74) is 2.06. The molecule has 1 aliphatic rings. The normalized spacial score (nSPS) is 15.4. The van der Waals surface area contributed by atoms with Gasteiger partial charge in [0.2, 0.25) is 0 Å². The first-order chi connectivity index (χ1) is 13.7. The van der Waals surface area contributed by atoms with Gasteiger partial charge in [-0.05, 0) is 60.6 Å². The molecule has 5 nitrogen and oxygen atoms in total. The second-order valence-corrected chi connectivity index (χ2v) is 8.14. The molecule has 1 aromatic carbocycles. The van der Waals surface area contributed by atoms with Crippen LogP contribution in [-0.4, -0.2) is 60.4 Å². The third-order valence-electron chi connectivity index (χ3n) is 5.28. The number of thiophene rings is 1. The van der Waals surface area contributed by atoms with Gasteiger partial charge in [0.25, 0.3) is 0 Å². The Bertz CT molecular complexity index is 928. The maximum absolute atomic E-state index is 9.15. The van der Waals surface area contributed by atoms with Crippen molar-refractivity contribution in [2.75, 3.05) is 44.2 Å². The fourth-order valence-corrected chi connectivity index (χ4v) is 4.46. The largest absolute Gasteiger partial charge is 0.488 e. The van der Waals surface area contributed by atoms with Crippen molar-refractivity contribution in [2.24, 2.45) is 0 Å². The number of benzene rings is 1. The zero-order valence-corrected chi connectivity index (χ0v) is 19.7. The van der Waals surface area contributed by atoms with Crippen molar-refractivity contribution >= 4 is 52.1 Å². The molecule has 1 saturated heterocycles. The summed E-state index contributed by atoms with van der Waals surface area (Å²) in [6.45, 7) is 9.40. The Kier molecular flexibility index (Phi) is 9.19. The molecule has 1 atom stereocenters. The first-order valence-corrected chi connectivity index (χ1v) is 10.8. The Morgan fingerprint density at radius 2 is 1.80 bits per heavy atom. The Labute approximate surface area is 194 Å². The van der Waals surface area contributed by atoms with E-state index in [1.807, 2.05) is 31.2 Å². The highest BCUT2D eigenvalue weighted by Crippen LogP contribution is 2.34. The van der Waals surface area contributed by atoms with Gasteiger partial charge in [0.15, 0.2) is 0 Å². The van der Waals surface area contributed by atoms with Gasteiger partial charge >= 0.3 is 0 Å². The van der Waals surface area contributed by atoms with Gasteiger partial charge in [-0.1, -0.05) is 6.92 Å². The SMILES string of the molecule is CCN1CCN(c2nc(-c3ccc(OC(C)CO)cc3)cc3ccsc23)CC1.Cl.Cl. The minimum atomic E-state index is -0.209. The number of nitrogens with zero attached hydrogens (tertiary/aromatic N) is 3. The van der Waals surface area contributed by atoms with E-state index in [0.29, 0.717) is 0 Å². The molecule has 1 fully saturated rings. The van der Waals surface area contributed by atoms with Gasteiger partial charge in [-0.25, -0.2) is 4.98 Å². The van der Waals surface area contributed by atoms with E-state index in [-0.39, 0.29) is 37.5 Å². The second-order valence-electron chi connectivity index (χ2n) is 7.23. The van der Waals surface area contributed by atoms with Crippen LogP contribution in [0.15, 0.2) is 41.8 Å². The van der Waals surface area contributed by atoms with Crippen molar-refractivity contribution in [1.29, 1.82) is 0 Å². The number of anilines is 1. The number of aliphatic hydroxyl groups excluding tert-OH is 1. The van der Waals surface area contributed by atoms with Gasteiger partial charge in [-0.3, -0.25) is 0 Å². The van der Waals surface area contributed by atoms with E-state index in [4.69, 9.17) is 14.8 Å². The van der Waals surface area contributed by atoms with E-state index in [9.17, 15) is 0 Å². The third-order valence-corrected chi connectivity index (χ3v) is 6.21. The number of fused-ring (bicyclic) bond motifs is 1. The summed E-state index contributed by atoms with van der Waals surface area (Å²) in [6, 6.07) is 12.3. The van der Waals surface area contributed by atoms with Crippen LogP contribution in [0.4, 0.5) is 5.82 Å². The van der Waals surface area contributed by atoms with Crippen LogP contribution >= 0.6 is 36.2 Å². The smallest absolute Gasteiger partial charge is 0.147 e. The van der Waals surface area contributed by atoms with Crippen LogP contribution in [0.5, 0.6) is 5.75 Å². The van der Waals surface area contributed by atoms with Crippen LogP contribution in [0.25, 0.3) is 21.3 Å². The zero-order valence-electron chi connectivity index (χ0n) is 17.3. The number of rotatable bonds is 6. The van der Waals surface area contributed by atoms with Crippen LogP contribution in [0.3, 0.4) is 0 Å². The van der Waals surface area contributed by atoms with Gasteiger partial charge in [0, 0.05) is 31.7 Å². The Hall–Kier alpha value is -1.57. The van der Waals surface area contributed by atoms with E-state index in [0.717, 1.165) is 55.5 Å². The lowest BCUT2D eigenvalue weighted by Crippen LogP contribution is -2.46. The molecule has 0 bridgehead atoms. The predicted molar refractivity (Wildman–Crippen MR) is 131 cm³/mol. The minimum absolute atomic E-state index is 0. The molecular weight excluding hydrogens is 441 g/mol. The molecule has 1 unspecified atom stereocenters. The highest BCUT2D eigenvalue weighted by Gasteiger charge is 2.20. The number of aliphatic hydroxyl groups is 1. The quantitative estimate of drug-likeness (QED) is 0.566. The van der Waals surface area contributed by atoms with Crippen molar-refractivity contribution in [2.45, 2.75) is 20.0 Å². The van der Waals surface area contributed by atoms with E-state index >= 15 is 0 Å². The number of ether oxygens (including phenoxy) is 1. The van der Waals surface area contributed by atoms with Crippen LogP contribution in [0.1, 0.15) is 13.8 Å². The first-order valence-electron chi connectivity index (χ1n) is 9.91. The molecular formula is C22H29Cl2N3O2S. The summed E-state index contributed by atoms with van der Waals surface area (Å²) in [7, 11) is 0. The molecule has 3 heterocycles. The summed E-state index contributed by atoms with van der Waals surface area (Å²) < 4.78 is 6.94. The Morgan fingerprint density at radius 3 is 2.43 bits per heavy atom. The lowest BCUT2D eigenvalue weighted by Gasteiger charge is -2.35. The lowest BCUT2D eigenvalue weighted by atomic mass is 10.1. The summed E-state index contributed by atoms with van der Waals surface area (Å²) in [5.74, 6) is 1.87. The van der Waals surface area contributed by atoms with E-state index < -0.39 is 0 Å². The first kappa shape index (κ1) is 24.7. The summed E-state index contributed by atoms with van der Waals surface area (Å²) in [6.07, 6.45) is -0.209. The molecule has 1 N–H and O–H groups in total. The fourth-order valence-electron chi connectivity index (χ4n) is 3.57. The van der Waals surface area contributed by atoms with Gasteiger partial charge in [0.05, 0.1) is 17.0 Å². The standard InChI is InChI=1S/C22H27N3O2S.2ClH/c1-3-24-9-11-25(12-10-24)22-21-18(8-13-28-21)14-20(23-22)17-4-6-19(7-5-17)27-16(2)15-26;;/h4-8,13-14,16,26H,3,9-12,15H2,1-2H3;2*1H. The van der Waals surface area contributed by atoms with Crippen molar-refractivity contribution in [1.82, 2.24) is 9.88 Å². The van der Waals surface area contributed by atoms with Crippen molar-refractivity contribution in [3.8, 4) is 17.0 Å². The molecule has 0 amide bonds. The van der Waals surface area contributed by atoms with E-state index in [1.165, 1.54) is 10.1 Å². The average Bonchev–Trinajstić information content (AvgIpc) is 3.22. The number of aromatic nitrogens is 1. The zero-order chi connectivity index (χ0) is 19.5. The maximum Gasteiger partial charge on any atom is 0.147 e. The number of piperazine rings is 1. The molecule has 0 aliphatic carbocycles.